The van der Waals surface area contributed by atoms with Crippen LogP contribution in [0.2, 0.25) is 0 Å². The molecule has 9 heteroatoms. The maximum Gasteiger partial charge on any atom is 0.519 e. The molecule has 0 atom stereocenters. The van der Waals surface area contributed by atoms with Crippen LogP contribution in [0.4, 0.5) is 10.5 Å². The summed E-state index contributed by atoms with van der Waals surface area (Å²) in [4.78, 5) is 38.7. The number of fused-ring (bicyclic) bond motifs is 8. The largest absolute Gasteiger partial charge is 0.519 e. The normalized spacial score (nSPS) is 14.5. The third kappa shape index (κ3) is 3.16. The lowest BCUT2D eigenvalue weighted by atomic mass is 9.84. The molecule has 0 unspecified atom stereocenters. The van der Waals surface area contributed by atoms with Crippen molar-refractivity contribution in [3.63, 3.8) is 0 Å². The number of nitro groups is 1. The van der Waals surface area contributed by atoms with E-state index in [0.29, 0.717) is 12.3 Å². The molecular weight excluding hydrogens is 438 g/mol. The van der Waals surface area contributed by atoms with Crippen LogP contribution >= 0.6 is 0 Å². The van der Waals surface area contributed by atoms with Gasteiger partial charge in [-0.15, -0.1) is 0 Å². The zero-order valence-corrected chi connectivity index (χ0v) is 18.0. The second-order valence-electron chi connectivity index (χ2n) is 8.49. The summed E-state index contributed by atoms with van der Waals surface area (Å²) in [6, 6.07) is 10.4. The molecule has 6 rings (SSSR count). The minimum Gasteiger partial charge on any atom is -0.395 e. The molecule has 0 saturated carbocycles. The summed E-state index contributed by atoms with van der Waals surface area (Å²) in [5, 5.41) is 15.6. The number of carbonyl (C=O) groups excluding carboxylic acids is 2. The number of nitro benzene ring substituents is 1. The van der Waals surface area contributed by atoms with Gasteiger partial charge in [-0.1, -0.05) is 0 Å². The third-order valence-corrected chi connectivity index (χ3v) is 6.55. The number of benzene rings is 3. The van der Waals surface area contributed by atoms with Crippen LogP contribution in [0, 0.1) is 10.1 Å². The Morgan fingerprint density at radius 1 is 0.941 bits per heavy atom. The predicted molar refractivity (Wildman–Crippen MR) is 123 cm³/mol. The first-order valence-corrected chi connectivity index (χ1v) is 11.0. The van der Waals surface area contributed by atoms with E-state index < -0.39 is 11.1 Å². The maximum absolute atomic E-state index is 12.6. The smallest absolute Gasteiger partial charge is 0.395 e. The van der Waals surface area contributed by atoms with Gasteiger partial charge >= 0.3 is 6.16 Å². The lowest BCUT2D eigenvalue weighted by molar-refractivity contribution is -0.384. The van der Waals surface area contributed by atoms with E-state index in [1.807, 2.05) is 6.07 Å². The molecule has 2 heterocycles. The Labute approximate surface area is 192 Å². The van der Waals surface area contributed by atoms with Crippen LogP contribution in [-0.4, -0.2) is 22.0 Å². The Kier molecular flexibility index (Phi) is 4.51. The fourth-order valence-corrected chi connectivity index (χ4v) is 5.10. The highest BCUT2D eigenvalue weighted by molar-refractivity contribution is 6.16. The van der Waals surface area contributed by atoms with E-state index in [1.54, 1.807) is 12.1 Å². The van der Waals surface area contributed by atoms with E-state index in [2.05, 4.69) is 10.3 Å². The van der Waals surface area contributed by atoms with Gasteiger partial charge in [-0.2, -0.15) is 0 Å². The molecule has 1 aromatic heterocycles. The fraction of sp³-hybridized carbons (Fsp3) is 0.200. The van der Waals surface area contributed by atoms with Crippen LogP contribution in [-0.2, 0) is 19.4 Å². The van der Waals surface area contributed by atoms with E-state index in [0.717, 1.165) is 64.2 Å². The van der Waals surface area contributed by atoms with Gasteiger partial charge in [0.15, 0.2) is 0 Å². The van der Waals surface area contributed by atoms with Crippen molar-refractivity contribution in [2.45, 2.75) is 32.2 Å². The van der Waals surface area contributed by atoms with Crippen molar-refractivity contribution in [3.05, 3.63) is 74.8 Å². The summed E-state index contributed by atoms with van der Waals surface area (Å²) < 4.78 is 10.5. The van der Waals surface area contributed by atoms with Crippen LogP contribution in [0.1, 0.15) is 39.9 Å². The van der Waals surface area contributed by atoms with Crippen molar-refractivity contribution in [1.82, 2.24) is 10.3 Å². The van der Waals surface area contributed by atoms with E-state index in [9.17, 15) is 19.7 Å². The van der Waals surface area contributed by atoms with Crippen LogP contribution in [0.3, 0.4) is 0 Å². The topological polar surface area (TPSA) is 124 Å². The van der Waals surface area contributed by atoms with Gasteiger partial charge in [-0.3, -0.25) is 14.9 Å². The van der Waals surface area contributed by atoms with Gasteiger partial charge in [0.2, 0.25) is 0 Å². The molecule has 0 spiro atoms. The first-order valence-electron chi connectivity index (χ1n) is 11.0. The highest BCUT2D eigenvalue weighted by Crippen LogP contribution is 2.41. The molecule has 0 radical (unpaired) electrons. The van der Waals surface area contributed by atoms with E-state index >= 15 is 0 Å². The molecule has 2 N–H and O–H groups in total. The van der Waals surface area contributed by atoms with Gasteiger partial charge in [0.05, 0.1) is 10.4 Å². The monoisotopic (exact) mass is 457 g/mol. The fourth-order valence-electron chi connectivity index (χ4n) is 5.10. The van der Waals surface area contributed by atoms with Gasteiger partial charge in [0, 0.05) is 40.5 Å². The number of ether oxygens (including phenoxy) is 2. The Bertz CT molecular complexity index is 1520. The molecule has 3 aromatic carbocycles. The molecule has 9 nitrogen and oxygen atoms in total. The van der Waals surface area contributed by atoms with Crippen molar-refractivity contribution in [2.24, 2.45) is 0 Å². The predicted octanol–water partition coefficient (Wildman–Crippen LogP) is 4.93. The SMILES string of the molecule is O=C(Oc1ccc([N+](=O)[O-])cc1)Oc1ccc2[nH]c3c4c(c5c(c3c2c1)CNC5=O)CCCC4. The van der Waals surface area contributed by atoms with Gasteiger partial charge in [-0.05, 0) is 72.7 Å². The number of hydrogen-bond donors (Lipinski definition) is 2. The molecule has 0 bridgehead atoms. The van der Waals surface area contributed by atoms with Crippen molar-refractivity contribution in [1.29, 1.82) is 0 Å². The summed E-state index contributed by atoms with van der Waals surface area (Å²) in [6.45, 7) is 0.470. The van der Waals surface area contributed by atoms with E-state index in [-0.39, 0.29) is 17.3 Å². The maximum atomic E-state index is 12.6. The Morgan fingerprint density at radius 3 is 2.41 bits per heavy atom. The van der Waals surface area contributed by atoms with Gasteiger partial charge < -0.3 is 19.8 Å². The van der Waals surface area contributed by atoms with Crippen LogP contribution in [0.25, 0.3) is 21.8 Å². The summed E-state index contributed by atoms with van der Waals surface area (Å²) in [5.74, 6) is 0.408. The van der Waals surface area contributed by atoms with E-state index in [1.165, 1.54) is 29.8 Å². The highest BCUT2D eigenvalue weighted by Gasteiger charge is 2.31. The number of nitrogens with one attached hydrogen (secondary N) is 2. The number of nitrogens with zero attached hydrogens (tertiary/aromatic N) is 1. The van der Waals surface area contributed by atoms with Gasteiger partial charge in [0.25, 0.3) is 11.6 Å². The third-order valence-electron chi connectivity index (χ3n) is 6.55. The minimum atomic E-state index is -0.951. The molecule has 1 aliphatic heterocycles. The molecular formula is C25H19N3O6. The quantitative estimate of drug-likeness (QED) is 0.195. The highest BCUT2D eigenvalue weighted by atomic mass is 16.7. The average molecular weight is 457 g/mol. The molecule has 4 aromatic rings. The zero-order chi connectivity index (χ0) is 23.4. The van der Waals surface area contributed by atoms with Gasteiger partial charge in [-0.25, -0.2) is 4.79 Å². The lowest BCUT2D eigenvalue weighted by Crippen LogP contribution is -2.16. The molecule has 0 fully saturated rings. The number of non-ortho nitro benzene ring substituents is 1. The first kappa shape index (κ1) is 20.2. The van der Waals surface area contributed by atoms with Crippen LogP contribution < -0.4 is 14.8 Å². The number of aryl methyl sites for hydroxylation is 1. The molecule has 0 saturated heterocycles. The molecule has 2 aliphatic rings. The number of carbonyl (C=O) groups is 2. The van der Waals surface area contributed by atoms with Crippen molar-refractivity contribution >= 4 is 39.6 Å². The van der Waals surface area contributed by atoms with Crippen LogP contribution in [0.15, 0.2) is 42.5 Å². The average Bonchev–Trinajstić information content (AvgIpc) is 3.40. The Balaban J connectivity index is 1.36. The molecule has 170 valence electrons. The van der Waals surface area contributed by atoms with Crippen molar-refractivity contribution < 1.29 is 24.0 Å². The summed E-state index contributed by atoms with van der Waals surface area (Å²) in [7, 11) is 0. The van der Waals surface area contributed by atoms with E-state index in [4.69, 9.17) is 9.47 Å². The number of rotatable bonds is 3. The second-order valence-corrected chi connectivity index (χ2v) is 8.49. The van der Waals surface area contributed by atoms with Crippen molar-refractivity contribution in [3.8, 4) is 11.5 Å². The Hall–Kier alpha value is -4.40. The minimum absolute atomic E-state index is 0.0246. The number of aromatic amines is 1. The summed E-state index contributed by atoms with van der Waals surface area (Å²) in [6.07, 6.45) is 3.03. The molecule has 34 heavy (non-hydrogen) atoms. The second kappa shape index (κ2) is 7.58. The van der Waals surface area contributed by atoms with Crippen LogP contribution in [0.5, 0.6) is 11.5 Å². The number of aromatic nitrogens is 1. The lowest BCUT2D eigenvalue weighted by Gasteiger charge is -2.19. The summed E-state index contributed by atoms with van der Waals surface area (Å²) in [5.41, 5.74) is 5.97. The number of amides is 1. The molecule has 1 amide bonds. The summed E-state index contributed by atoms with van der Waals surface area (Å²) >= 11 is 0. The number of hydrogen-bond acceptors (Lipinski definition) is 6. The zero-order valence-electron chi connectivity index (χ0n) is 18.0. The Morgan fingerprint density at radius 2 is 1.65 bits per heavy atom. The number of H-pyrrole nitrogens is 1. The van der Waals surface area contributed by atoms with Crippen molar-refractivity contribution in [2.75, 3.05) is 0 Å². The molecule has 1 aliphatic carbocycles. The standard InChI is InChI=1S/C25H19N3O6/c29-24-22-16-3-1-2-4-17(16)23-21(19(22)12-26-24)18-11-15(9-10-20(18)27-23)34-25(30)33-14-7-5-13(6-8-14)28(31)32/h5-11,27H,1-4,12H2,(H,26,29). The first-order chi connectivity index (χ1) is 16.5. The van der Waals surface area contributed by atoms with Gasteiger partial charge in [0.1, 0.15) is 11.5 Å².